The van der Waals surface area contributed by atoms with Crippen LogP contribution in [0.25, 0.3) is 0 Å². The van der Waals surface area contributed by atoms with Crippen molar-refractivity contribution in [2.75, 3.05) is 0 Å². The number of ketones is 2. The standard InChI is InChI=1S/C14H6ClNO6S/c15-23(21,22)10-6-5-9(16(19)20)11-12(10)14(18)8-4-2-1-3-7(8)13(11)17/h1-6H. The number of nitro groups is 1. The normalized spacial score (nSPS) is 13.4. The minimum atomic E-state index is -4.37. The summed E-state index contributed by atoms with van der Waals surface area (Å²) in [6, 6.07) is 7.42. The molecule has 9 heteroatoms. The van der Waals surface area contributed by atoms with Crippen LogP contribution >= 0.6 is 10.7 Å². The van der Waals surface area contributed by atoms with E-state index in [9.17, 15) is 28.1 Å². The summed E-state index contributed by atoms with van der Waals surface area (Å²) in [6.45, 7) is 0. The number of fused-ring (bicyclic) bond motifs is 2. The van der Waals surface area contributed by atoms with Gasteiger partial charge in [-0.25, -0.2) is 8.42 Å². The van der Waals surface area contributed by atoms with Gasteiger partial charge in [0.15, 0.2) is 5.78 Å². The van der Waals surface area contributed by atoms with Gasteiger partial charge in [0.1, 0.15) is 5.56 Å². The molecule has 1 aliphatic rings. The van der Waals surface area contributed by atoms with Crippen molar-refractivity contribution in [3.8, 4) is 0 Å². The average Bonchev–Trinajstić information content (AvgIpc) is 2.50. The number of benzene rings is 2. The maximum absolute atomic E-state index is 12.6. The number of carbonyl (C=O) groups is 2. The van der Waals surface area contributed by atoms with Gasteiger partial charge in [0.2, 0.25) is 5.78 Å². The molecule has 0 radical (unpaired) electrons. The van der Waals surface area contributed by atoms with Crippen LogP contribution in [-0.4, -0.2) is 24.9 Å². The van der Waals surface area contributed by atoms with Crippen LogP contribution in [0.4, 0.5) is 5.69 Å². The van der Waals surface area contributed by atoms with Crippen LogP contribution in [0.5, 0.6) is 0 Å². The molecule has 0 aromatic heterocycles. The quantitative estimate of drug-likeness (QED) is 0.398. The summed E-state index contributed by atoms with van der Waals surface area (Å²) >= 11 is 0. The molecule has 0 spiro atoms. The zero-order chi connectivity index (χ0) is 16.9. The topological polar surface area (TPSA) is 111 Å². The lowest BCUT2D eigenvalue weighted by molar-refractivity contribution is -0.385. The van der Waals surface area contributed by atoms with Gasteiger partial charge in [0.05, 0.1) is 15.4 Å². The molecule has 2 aromatic carbocycles. The SMILES string of the molecule is O=C1c2ccccc2C(=O)c2c(S(=O)(=O)Cl)ccc([N+](=O)[O-])c21. The van der Waals surface area contributed by atoms with Crippen LogP contribution in [0.15, 0.2) is 41.3 Å². The molecule has 3 rings (SSSR count). The molecule has 1 aliphatic carbocycles. The summed E-state index contributed by atoms with van der Waals surface area (Å²) < 4.78 is 23.4. The summed E-state index contributed by atoms with van der Waals surface area (Å²) in [5.41, 5.74) is -1.79. The number of nitrogens with zero attached hydrogens (tertiary/aromatic N) is 1. The maximum atomic E-state index is 12.6. The second-order valence-corrected chi connectivity index (χ2v) is 7.27. The van der Waals surface area contributed by atoms with E-state index in [0.717, 1.165) is 12.1 Å². The van der Waals surface area contributed by atoms with E-state index in [-0.39, 0.29) is 11.1 Å². The predicted molar refractivity (Wildman–Crippen MR) is 79.4 cm³/mol. The minimum absolute atomic E-state index is 0.0165. The van der Waals surface area contributed by atoms with E-state index in [2.05, 4.69) is 0 Å². The summed E-state index contributed by atoms with van der Waals surface area (Å²) in [7, 11) is 0.937. The fourth-order valence-corrected chi connectivity index (χ4v) is 3.59. The number of nitro benzene ring substituents is 1. The van der Waals surface area contributed by atoms with Gasteiger partial charge in [0.25, 0.3) is 14.7 Å². The Bertz CT molecular complexity index is 1010. The zero-order valence-corrected chi connectivity index (χ0v) is 12.7. The highest BCUT2D eigenvalue weighted by Gasteiger charge is 2.39. The van der Waals surface area contributed by atoms with Gasteiger partial charge in [-0.1, -0.05) is 24.3 Å². The monoisotopic (exact) mass is 351 g/mol. The van der Waals surface area contributed by atoms with E-state index >= 15 is 0 Å². The lowest BCUT2D eigenvalue weighted by Gasteiger charge is -2.18. The number of rotatable bonds is 2. The first-order valence-corrected chi connectivity index (χ1v) is 8.49. The van der Waals surface area contributed by atoms with Crippen LogP contribution in [0.1, 0.15) is 31.8 Å². The minimum Gasteiger partial charge on any atom is -0.289 e. The van der Waals surface area contributed by atoms with Gasteiger partial charge in [-0.15, -0.1) is 0 Å². The molecule has 2 aromatic rings. The van der Waals surface area contributed by atoms with Crippen LogP contribution in [0.3, 0.4) is 0 Å². The number of hydrogen-bond donors (Lipinski definition) is 0. The third kappa shape index (κ3) is 2.23. The Balaban J connectivity index is 2.49. The smallest absolute Gasteiger partial charge is 0.281 e. The van der Waals surface area contributed by atoms with Crippen molar-refractivity contribution in [3.63, 3.8) is 0 Å². The van der Waals surface area contributed by atoms with Gasteiger partial charge >= 0.3 is 0 Å². The van der Waals surface area contributed by atoms with Crippen LogP contribution in [0.2, 0.25) is 0 Å². The molecular formula is C14H6ClNO6S. The summed E-state index contributed by atoms with van der Waals surface area (Å²) in [4.78, 5) is 34.9. The van der Waals surface area contributed by atoms with E-state index in [1.54, 1.807) is 0 Å². The number of carbonyl (C=O) groups excluding carboxylic acids is 2. The van der Waals surface area contributed by atoms with E-state index in [1.165, 1.54) is 24.3 Å². The molecule has 0 bridgehead atoms. The van der Waals surface area contributed by atoms with Crippen molar-refractivity contribution in [2.45, 2.75) is 4.90 Å². The van der Waals surface area contributed by atoms with Gasteiger partial charge in [0, 0.05) is 27.9 Å². The highest BCUT2D eigenvalue weighted by molar-refractivity contribution is 8.13. The second kappa shape index (κ2) is 4.97. The van der Waals surface area contributed by atoms with E-state index in [1.807, 2.05) is 0 Å². The highest BCUT2D eigenvalue weighted by atomic mass is 35.7. The predicted octanol–water partition coefficient (Wildman–Crippen LogP) is 2.30. The van der Waals surface area contributed by atoms with Gasteiger partial charge < -0.3 is 0 Å². The first-order chi connectivity index (χ1) is 10.7. The molecule has 116 valence electrons. The molecule has 0 N–H and O–H groups in total. The lowest BCUT2D eigenvalue weighted by Crippen LogP contribution is -2.24. The highest BCUT2D eigenvalue weighted by Crippen LogP contribution is 2.37. The van der Waals surface area contributed by atoms with Crippen molar-refractivity contribution in [3.05, 3.63) is 68.8 Å². The molecule has 0 saturated carbocycles. The molecule has 0 amide bonds. The molecule has 23 heavy (non-hydrogen) atoms. The maximum Gasteiger partial charge on any atom is 0.281 e. The van der Waals surface area contributed by atoms with Crippen LogP contribution < -0.4 is 0 Å². The Morgan fingerprint density at radius 1 is 0.913 bits per heavy atom. The molecule has 0 atom stereocenters. The van der Waals surface area contributed by atoms with Crippen LogP contribution in [-0.2, 0) is 9.05 Å². The fraction of sp³-hybridized carbons (Fsp3) is 0. The van der Waals surface area contributed by atoms with Gasteiger partial charge in [-0.05, 0) is 6.07 Å². The Hall–Kier alpha value is -2.58. The average molecular weight is 352 g/mol. The first-order valence-electron chi connectivity index (χ1n) is 6.18. The zero-order valence-electron chi connectivity index (χ0n) is 11.1. The molecule has 7 nitrogen and oxygen atoms in total. The molecule has 0 fully saturated rings. The van der Waals surface area contributed by atoms with Crippen LogP contribution in [0, 0.1) is 10.1 Å². The Labute approximate surface area is 134 Å². The van der Waals surface area contributed by atoms with Gasteiger partial charge in [-0.3, -0.25) is 19.7 Å². The third-order valence-electron chi connectivity index (χ3n) is 3.47. The van der Waals surface area contributed by atoms with Gasteiger partial charge in [-0.2, -0.15) is 0 Å². The van der Waals surface area contributed by atoms with Crippen molar-refractivity contribution in [2.24, 2.45) is 0 Å². The van der Waals surface area contributed by atoms with Crippen molar-refractivity contribution < 1.29 is 22.9 Å². The fourth-order valence-electron chi connectivity index (χ4n) is 2.53. The lowest BCUT2D eigenvalue weighted by atomic mass is 9.83. The van der Waals surface area contributed by atoms with Crippen molar-refractivity contribution >= 4 is 37.0 Å². The van der Waals surface area contributed by atoms with E-state index in [0.29, 0.717) is 0 Å². The second-order valence-electron chi connectivity index (χ2n) is 4.73. The number of halogens is 1. The number of hydrogen-bond acceptors (Lipinski definition) is 6. The van der Waals surface area contributed by atoms with E-state index in [4.69, 9.17) is 10.7 Å². The molecule has 0 unspecified atom stereocenters. The molecule has 0 saturated heterocycles. The Morgan fingerprint density at radius 2 is 1.43 bits per heavy atom. The molecular weight excluding hydrogens is 346 g/mol. The summed E-state index contributed by atoms with van der Waals surface area (Å²) in [5, 5.41) is 11.2. The molecule has 0 aliphatic heterocycles. The summed E-state index contributed by atoms with van der Waals surface area (Å²) in [6.07, 6.45) is 0. The van der Waals surface area contributed by atoms with E-state index < -0.39 is 47.3 Å². The first kappa shape index (κ1) is 15.3. The Morgan fingerprint density at radius 3 is 1.91 bits per heavy atom. The Kier molecular flexibility index (Phi) is 3.31. The third-order valence-corrected chi connectivity index (χ3v) is 4.84. The summed E-state index contributed by atoms with van der Waals surface area (Å²) in [5.74, 6) is -1.58. The molecule has 0 heterocycles. The van der Waals surface area contributed by atoms with Crippen molar-refractivity contribution in [1.82, 2.24) is 0 Å². The van der Waals surface area contributed by atoms with Crippen molar-refractivity contribution in [1.29, 1.82) is 0 Å². The largest absolute Gasteiger partial charge is 0.289 e.